The fourth-order valence-corrected chi connectivity index (χ4v) is 3.00. The Bertz CT molecular complexity index is 692. The molecule has 24 heavy (non-hydrogen) atoms. The van der Waals surface area contributed by atoms with Crippen molar-refractivity contribution in [2.75, 3.05) is 26.2 Å². The second-order valence-electron chi connectivity index (χ2n) is 5.66. The number of fused-ring (bicyclic) bond motifs is 1. The lowest BCUT2D eigenvalue weighted by Crippen LogP contribution is -2.52. The Morgan fingerprint density at radius 2 is 1.92 bits per heavy atom. The first-order valence-corrected chi connectivity index (χ1v) is 8.09. The van der Waals surface area contributed by atoms with Crippen LogP contribution < -0.4 is 5.32 Å². The minimum absolute atomic E-state index is 0.321. The molecule has 128 valence electrons. The van der Waals surface area contributed by atoms with E-state index in [0.717, 1.165) is 32.2 Å². The smallest absolute Gasteiger partial charge is 0.223 e. The van der Waals surface area contributed by atoms with Gasteiger partial charge < -0.3 is 10.2 Å². The molecule has 2 aliphatic heterocycles. The predicted octanol–water partition coefficient (Wildman–Crippen LogP) is 2.80. The summed E-state index contributed by atoms with van der Waals surface area (Å²) < 4.78 is 27.5. The van der Waals surface area contributed by atoms with Gasteiger partial charge in [-0.1, -0.05) is 12.2 Å². The van der Waals surface area contributed by atoms with Gasteiger partial charge in [-0.2, -0.15) is 5.10 Å². The standard InChI is InChI=1S/C17H21F2N5/c1-3-5-16-12-10-13(18)14(19)11-15(12)22-17(24(16)21-4-2)23-8-6-20-7-9-23/h3-5,10-11,16,20H,6-9H2,1-2H3/b5-3+,21-4-. The van der Waals surface area contributed by atoms with Gasteiger partial charge in [0, 0.05) is 44.0 Å². The molecule has 0 saturated carbocycles. The fraction of sp³-hybridized carbons (Fsp3) is 0.412. The molecule has 1 unspecified atom stereocenters. The van der Waals surface area contributed by atoms with Gasteiger partial charge in [-0.05, 0) is 19.9 Å². The maximum Gasteiger partial charge on any atom is 0.223 e. The zero-order valence-corrected chi connectivity index (χ0v) is 13.8. The van der Waals surface area contributed by atoms with E-state index in [4.69, 9.17) is 0 Å². The van der Waals surface area contributed by atoms with Gasteiger partial charge in [0.1, 0.15) is 6.04 Å². The number of rotatable bonds is 2. The normalized spacial score (nSPS) is 21.5. The SMILES string of the molecule is C/C=N\N1C(N2CCNCC2)=Nc2cc(F)c(F)cc2C1/C=C/C. The zero-order chi connectivity index (χ0) is 17.1. The van der Waals surface area contributed by atoms with E-state index in [1.807, 2.05) is 26.0 Å². The summed E-state index contributed by atoms with van der Waals surface area (Å²) in [7, 11) is 0. The summed E-state index contributed by atoms with van der Waals surface area (Å²) in [5.74, 6) is -1.09. The van der Waals surface area contributed by atoms with Gasteiger partial charge in [0.25, 0.3) is 0 Å². The van der Waals surface area contributed by atoms with Gasteiger partial charge in [0.2, 0.25) is 5.96 Å². The Kier molecular flexibility index (Phi) is 4.89. The van der Waals surface area contributed by atoms with Gasteiger partial charge in [-0.25, -0.2) is 18.8 Å². The molecule has 0 aromatic heterocycles. The second kappa shape index (κ2) is 7.09. The third-order valence-corrected chi connectivity index (χ3v) is 4.09. The van der Waals surface area contributed by atoms with E-state index in [-0.39, 0.29) is 6.04 Å². The van der Waals surface area contributed by atoms with Crippen molar-refractivity contribution in [1.82, 2.24) is 15.2 Å². The van der Waals surface area contributed by atoms with Crippen molar-refractivity contribution in [3.63, 3.8) is 0 Å². The van der Waals surface area contributed by atoms with Crippen LogP contribution in [0.25, 0.3) is 0 Å². The van der Waals surface area contributed by atoms with Gasteiger partial charge in [0.05, 0.1) is 5.69 Å². The highest BCUT2D eigenvalue weighted by molar-refractivity contribution is 5.87. The van der Waals surface area contributed by atoms with Crippen molar-refractivity contribution in [3.8, 4) is 0 Å². The number of nitrogens with zero attached hydrogens (tertiary/aromatic N) is 4. The van der Waals surface area contributed by atoms with E-state index in [1.54, 1.807) is 11.2 Å². The quantitative estimate of drug-likeness (QED) is 0.668. The molecule has 1 saturated heterocycles. The molecule has 0 aliphatic carbocycles. The van der Waals surface area contributed by atoms with E-state index in [0.29, 0.717) is 17.2 Å². The van der Waals surface area contributed by atoms with Crippen LogP contribution in [0, 0.1) is 11.6 Å². The molecular formula is C17H21F2N5. The van der Waals surface area contributed by atoms with Crippen LogP contribution in [0.2, 0.25) is 0 Å². The number of aliphatic imine (C=N–C) groups is 1. The molecule has 1 aromatic rings. The minimum atomic E-state index is -0.885. The molecule has 1 atom stereocenters. The average Bonchev–Trinajstić information content (AvgIpc) is 2.59. The Morgan fingerprint density at radius 1 is 1.21 bits per heavy atom. The molecule has 0 amide bonds. The molecule has 3 rings (SSSR count). The number of guanidine groups is 1. The van der Waals surface area contributed by atoms with Crippen LogP contribution in [0.15, 0.2) is 34.4 Å². The van der Waals surface area contributed by atoms with Crippen LogP contribution >= 0.6 is 0 Å². The summed E-state index contributed by atoms with van der Waals surface area (Å²) in [6, 6.07) is 2.06. The van der Waals surface area contributed by atoms with Gasteiger partial charge >= 0.3 is 0 Å². The van der Waals surface area contributed by atoms with Crippen LogP contribution in [0.1, 0.15) is 25.5 Å². The zero-order valence-electron chi connectivity index (χ0n) is 13.8. The number of nitrogens with one attached hydrogen (secondary N) is 1. The Hall–Kier alpha value is -2.28. The lowest BCUT2D eigenvalue weighted by molar-refractivity contribution is 0.271. The van der Waals surface area contributed by atoms with Crippen molar-refractivity contribution in [2.24, 2.45) is 10.1 Å². The van der Waals surface area contributed by atoms with Crippen LogP contribution in [0.4, 0.5) is 14.5 Å². The van der Waals surface area contributed by atoms with Crippen LogP contribution in [0.3, 0.4) is 0 Å². The number of allylic oxidation sites excluding steroid dienone is 1. The number of piperazine rings is 1. The first kappa shape index (κ1) is 16.6. The molecule has 1 aromatic carbocycles. The molecule has 2 aliphatic rings. The molecule has 0 radical (unpaired) electrons. The lowest BCUT2D eigenvalue weighted by Gasteiger charge is -2.39. The maximum atomic E-state index is 13.8. The first-order valence-electron chi connectivity index (χ1n) is 8.09. The van der Waals surface area contributed by atoms with Crippen LogP contribution in [-0.2, 0) is 0 Å². The lowest BCUT2D eigenvalue weighted by atomic mass is 10.0. The van der Waals surface area contributed by atoms with Crippen LogP contribution in [-0.4, -0.2) is 48.3 Å². The predicted molar refractivity (Wildman–Crippen MR) is 91.5 cm³/mol. The highest BCUT2D eigenvalue weighted by Gasteiger charge is 2.32. The highest BCUT2D eigenvalue weighted by Crippen LogP contribution is 2.38. The molecule has 1 fully saturated rings. The summed E-state index contributed by atoms with van der Waals surface area (Å²) in [6.45, 7) is 6.99. The van der Waals surface area contributed by atoms with Gasteiger partial charge in [0.15, 0.2) is 11.6 Å². The van der Waals surface area contributed by atoms with Crippen molar-refractivity contribution >= 4 is 17.9 Å². The first-order chi connectivity index (χ1) is 11.7. The van der Waals surface area contributed by atoms with Gasteiger partial charge in [-0.3, -0.25) is 0 Å². The molecular weight excluding hydrogens is 312 g/mol. The van der Waals surface area contributed by atoms with E-state index in [2.05, 4.69) is 20.3 Å². The van der Waals surface area contributed by atoms with Crippen molar-refractivity contribution < 1.29 is 8.78 Å². The summed E-state index contributed by atoms with van der Waals surface area (Å²) in [5.41, 5.74) is 1.06. The molecule has 0 spiro atoms. The molecule has 0 bridgehead atoms. The molecule has 2 heterocycles. The van der Waals surface area contributed by atoms with Gasteiger partial charge in [-0.15, -0.1) is 0 Å². The summed E-state index contributed by atoms with van der Waals surface area (Å²) in [5, 5.41) is 9.50. The largest absolute Gasteiger partial charge is 0.338 e. The molecule has 1 N–H and O–H groups in total. The van der Waals surface area contributed by atoms with E-state index >= 15 is 0 Å². The Morgan fingerprint density at radius 3 is 2.58 bits per heavy atom. The van der Waals surface area contributed by atoms with E-state index < -0.39 is 11.6 Å². The summed E-state index contributed by atoms with van der Waals surface area (Å²) in [6.07, 6.45) is 5.48. The van der Waals surface area contributed by atoms with E-state index in [1.165, 1.54) is 6.07 Å². The second-order valence-corrected chi connectivity index (χ2v) is 5.66. The topological polar surface area (TPSA) is 43.2 Å². The van der Waals surface area contributed by atoms with Crippen LogP contribution in [0.5, 0.6) is 0 Å². The number of halogens is 2. The third-order valence-electron chi connectivity index (χ3n) is 4.09. The number of benzene rings is 1. The number of hydrogen-bond donors (Lipinski definition) is 1. The Balaban J connectivity index is 2.13. The van der Waals surface area contributed by atoms with E-state index in [9.17, 15) is 8.78 Å². The maximum absolute atomic E-state index is 13.8. The summed E-state index contributed by atoms with van der Waals surface area (Å²) >= 11 is 0. The number of hydrazone groups is 1. The average molecular weight is 333 g/mol. The van der Waals surface area contributed by atoms with Crippen molar-refractivity contribution in [1.29, 1.82) is 0 Å². The van der Waals surface area contributed by atoms with Crippen molar-refractivity contribution in [2.45, 2.75) is 19.9 Å². The number of hydrogen-bond acceptors (Lipinski definition) is 5. The fourth-order valence-electron chi connectivity index (χ4n) is 3.00. The molecule has 5 nitrogen and oxygen atoms in total. The third kappa shape index (κ3) is 3.03. The minimum Gasteiger partial charge on any atom is -0.338 e. The summed E-state index contributed by atoms with van der Waals surface area (Å²) in [4.78, 5) is 6.71. The Labute approximate surface area is 140 Å². The highest BCUT2D eigenvalue weighted by atomic mass is 19.2. The van der Waals surface area contributed by atoms with Crippen molar-refractivity contribution in [3.05, 3.63) is 41.5 Å². The molecule has 7 heteroatoms. The monoisotopic (exact) mass is 333 g/mol.